The monoisotopic (exact) mass is 210 g/mol. The summed E-state index contributed by atoms with van der Waals surface area (Å²) >= 11 is 0. The SMILES string of the molecule is CC(=O)CC(=N)CCCC(=N)CC(C)=O. The molecule has 0 heterocycles. The highest BCUT2D eigenvalue weighted by atomic mass is 16.1. The Balaban J connectivity index is 3.61. The molecule has 0 aromatic heterocycles. The molecule has 0 aliphatic heterocycles. The molecule has 0 rings (SSSR count). The van der Waals surface area contributed by atoms with E-state index >= 15 is 0 Å². The minimum atomic E-state index is -0.00110. The van der Waals surface area contributed by atoms with E-state index < -0.39 is 0 Å². The van der Waals surface area contributed by atoms with Crippen LogP contribution in [-0.2, 0) is 9.59 Å². The van der Waals surface area contributed by atoms with Crippen LogP contribution in [0.25, 0.3) is 0 Å². The number of carbonyl (C=O) groups is 2. The Morgan fingerprint density at radius 1 is 0.867 bits per heavy atom. The van der Waals surface area contributed by atoms with Crippen LogP contribution in [0.4, 0.5) is 0 Å². The van der Waals surface area contributed by atoms with Crippen molar-refractivity contribution < 1.29 is 9.59 Å². The van der Waals surface area contributed by atoms with Crippen molar-refractivity contribution in [3.05, 3.63) is 0 Å². The fourth-order valence-electron chi connectivity index (χ4n) is 1.29. The second kappa shape index (κ2) is 7.04. The molecule has 0 unspecified atom stereocenters. The predicted molar refractivity (Wildman–Crippen MR) is 59.9 cm³/mol. The summed E-state index contributed by atoms with van der Waals surface area (Å²) in [6.07, 6.45) is 2.18. The van der Waals surface area contributed by atoms with Crippen molar-refractivity contribution in [1.82, 2.24) is 0 Å². The van der Waals surface area contributed by atoms with Gasteiger partial charge in [-0.05, 0) is 33.1 Å². The maximum Gasteiger partial charge on any atom is 0.135 e. The van der Waals surface area contributed by atoms with Gasteiger partial charge in [-0.15, -0.1) is 0 Å². The van der Waals surface area contributed by atoms with Gasteiger partial charge in [0.25, 0.3) is 0 Å². The molecule has 0 aromatic carbocycles. The van der Waals surface area contributed by atoms with Crippen molar-refractivity contribution in [3.63, 3.8) is 0 Å². The lowest BCUT2D eigenvalue weighted by Gasteiger charge is -2.02. The lowest BCUT2D eigenvalue weighted by Crippen LogP contribution is -2.06. The quantitative estimate of drug-likeness (QED) is 0.602. The van der Waals surface area contributed by atoms with Crippen LogP contribution >= 0.6 is 0 Å². The Labute approximate surface area is 90.1 Å². The Morgan fingerprint density at radius 2 is 1.20 bits per heavy atom. The van der Waals surface area contributed by atoms with E-state index in [9.17, 15) is 9.59 Å². The van der Waals surface area contributed by atoms with Gasteiger partial charge in [0.2, 0.25) is 0 Å². The van der Waals surface area contributed by atoms with Crippen molar-refractivity contribution >= 4 is 23.0 Å². The number of rotatable bonds is 8. The molecule has 0 spiro atoms. The molecule has 0 aromatic rings. The van der Waals surface area contributed by atoms with E-state index in [4.69, 9.17) is 10.8 Å². The number of hydrogen-bond donors (Lipinski definition) is 2. The van der Waals surface area contributed by atoms with Gasteiger partial charge in [0.05, 0.1) is 0 Å². The Bertz CT molecular complexity index is 254. The molecular weight excluding hydrogens is 192 g/mol. The molecule has 4 nitrogen and oxygen atoms in total. The number of hydrogen-bond acceptors (Lipinski definition) is 4. The molecule has 0 bridgehead atoms. The molecule has 0 aliphatic carbocycles. The van der Waals surface area contributed by atoms with Crippen molar-refractivity contribution in [2.24, 2.45) is 0 Å². The van der Waals surface area contributed by atoms with Crippen molar-refractivity contribution in [2.45, 2.75) is 46.0 Å². The number of nitrogens with one attached hydrogen (secondary N) is 2. The molecule has 0 radical (unpaired) electrons. The van der Waals surface area contributed by atoms with Crippen LogP contribution in [0.3, 0.4) is 0 Å². The van der Waals surface area contributed by atoms with Gasteiger partial charge in [-0.1, -0.05) is 0 Å². The highest BCUT2D eigenvalue weighted by molar-refractivity contribution is 6.00. The molecule has 84 valence electrons. The second-order valence-corrected chi connectivity index (χ2v) is 3.82. The van der Waals surface area contributed by atoms with E-state index in [1.165, 1.54) is 13.8 Å². The highest BCUT2D eigenvalue weighted by Crippen LogP contribution is 2.03. The first kappa shape index (κ1) is 13.7. The standard InChI is InChI=1S/C11H18N2O2/c1-8(14)6-10(12)4-3-5-11(13)7-9(2)15/h12-13H,3-7H2,1-2H3. The fourth-order valence-corrected chi connectivity index (χ4v) is 1.29. The van der Waals surface area contributed by atoms with Crippen molar-refractivity contribution in [2.75, 3.05) is 0 Å². The van der Waals surface area contributed by atoms with Crippen molar-refractivity contribution in [3.8, 4) is 0 Å². The van der Waals surface area contributed by atoms with E-state index in [2.05, 4.69) is 0 Å². The van der Waals surface area contributed by atoms with Crippen LogP contribution in [0.5, 0.6) is 0 Å². The van der Waals surface area contributed by atoms with Gasteiger partial charge in [0, 0.05) is 24.3 Å². The third-order valence-corrected chi connectivity index (χ3v) is 1.88. The van der Waals surface area contributed by atoms with E-state index in [1.807, 2.05) is 0 Å². The van der Waals surface area contributed by atoms with Crippen molar-refractivity contribution in [1.29, 1.82) is 10.8 Å². The highest BCUT2D eigenvalue weighted by Gasteiger charge is 2.04. The van der Waals surface area contributed by atoms with Crippen LogP contribution < -0.4 is 0 Å². The average Bonchev–Trinajstić information content (AvgIpc) is 2.00. The minimum Gasteiger partial charge on any atom is -0.309 e. The maximum absolute atomic E-state index is 10.7. The summed E-state index contributed by atoms with van der Waals surface area (Å²) in [4.78, 5) is 21.3. The zero-order valence-electron chi connectivity index (χ0n) is 9.35. The van der Waals surface area contributed by atoms with Crippen LogP contribution in [0.15, 0.2) is 0 Å². The molecule has 0 saturated heterocycles. The Morgan fingerprint density at radius 3 is 1.47 bits per heavy atom. The number of carbonyl (C=O) groups excluding carboxylic acids is 2. The van der Waals surface area contributed by atoms with Gasteiger partial charge < -0.3 is 10.8 Å². The zero-order chi connectivity index (χ0) is 11.8. The largest absolute Gasteiger partial charge is 0.309 e. The summed E-state index contributed by atoms with van der Waals surface area (Å²) in [5, 5.41) is 14.9. The summed E-state index contributed by atoms with van der Waals surface area (Å²) in [6.45, 7) is 2.93. The van der Waals surface area contributed by atoms with Crippen LogP contribution in [-0.4, -0.2) is 23.0 Å². The smallest absolute Gasteiger partial charge is 0.135 e. The Kier molecular flexibility index (Phi) is 6.42. The van der Waals surface area contributed by atoms with Crippen LogP contribution in [0.1, 0.15) is 46.0 Å². The van der Waals surface area contributed by atoms with Gasteiger partial charge >= 0.3 is 0 Å². The topological polar surface area (TPSA) is 81.8 Å². The Hall–Kier alpha value is -1.32. The fraction of sp³-hybridized carbons (Fsp3) is 0.636. The summed E-state index contributed by atoms with van der Waals surface area (Å²) in [6, 6.07) is 0. The lowest BCUT2D eigenvalue weighted by atomic mass is 10.0. The first-order valence-corrected chi connectivity index (χ1v) is 5.03. The van der Waals surface area contributed by atoms with Gasteiger partial charge in [-0.2, -0.15) is 0 Å². The molecular formula is C11H18N2O2. The second-order valence-electron chi connectivity index (χ2n) is 3.82. The summed E-state index contributed by atoms with van der Waals surface area (Å²) < 4.78 is 0. The molecule has 0 saturated carbocycles. The van der Waals surface area contributed by atoms with E-state index in [1.54, 1.807) is 0 Å². The summed E-state index contributed by atoms with van der Waals surface area (Å²) in [5.74, 6) is -0.00220. The van der Waals surface area contributed by atoms with Gasteiger partial charge in [0.1, 0.15) is 11.6 Å². The predicted octanol–water partition coefficient (Wildman–Crippen LogP) is 2.15. The molecule has 0 amide bonds. The van der Waals surface area contributed by atoms with E-state index in [0.29, 0.717) is 30.7 Å². The molecule has 4 heteroatoms. The molecule has 0 aliphatic rings. The minimum absolute atomic E-state index is 0.00110. The average molecular weight is 210 g/mol. The molecule has 2 N–H and O–H groups in total. The van der Waals surface area contributed by atoms with Gasteiger partial charge in [0.15, 0.2) is 0 Å². The first-order chi connectivity index (χ1) is 6.91. The normalized spacial score (nSPS) is 9.73. The first-order valence-electron chi connectivity index (χ1n) is 5.03. The van der Waals surface area contributed by atoms with Gasteiger partial charge in [-0.3, -0.25) is 9.59 Å². The summed E-state index contributed by atoms with van der Waals surface area (Å²) in [7, 11) is 0. The van der Waals surface area contributed by atoms with Gasteiger partial charge in [-0.25, -0.2) is 0 Å². The van der Waals surface area contributed by atoms with E-state index in [0.717, 1.165) is 0 Å². The molecule has 0 fully saturated rings. The molecule has 15 heavy (non-hydrogen) atoms. The number of Topliss-reactive ketones (excluding diaryl/α,β-unsaturated/α-hetero) is 2. The lowest BCUT2D eigenvalue weighted by molar-refractivity contribution is -0.116. The van der Waals surface area contributed by atoms with Crippen LogP contribution in [0, 0.1) is 10.8 Å². The van der Waals surface area contributed by atoms with Crippen LogP contribution in [0.2, 0.25) is 0 Å². The summed E-state index contributed by atoms with van der Waals surface area (Å²) in [5.41, 5.74) is 0.830. The third-order valence-electron chi connectivity index (χ3n) is 1.88. The zero-order valence-corrected chi connectivity index (χ0v) is 9.35. The van der Waals surface area contributed by atoms with E-state index in [-0.39, 0.29) is 24.4 Å². The number of ketones is 2. The maximum atomic E-state index is 10.7. The molecule has 0 atom stereocenters. The third kappa shape index (κ3) is 9.00.